The molecule has 2 saturated carbocycles. The second kappa shape index (κ2) is 11.2. The topological polar surface area (TPSA) is 113 Å². The van der Waals surface area contributed by atoms with E-state index in [0.717, 1.165) is 37.7 Å². The Morgan fingerprint density at radius 2 is 1.71 bits per heavy atom. The average molecular weight is 612 g/mol. The highest BCUT2D eigenvalue weighted by molar-refractivity contribution is 7.89. The number of nitrogens with zero attached hydrogens (tertiary/aromatic N) is 2. The van der Waals surface area contributed by atoms with Gasteiger partial charge in [-0.15, -0.1) is 13.2 Å². The Labute approximate surface area is 239 Å². The van der Waals surface area contributed by atoms with E-state index in [1.165, 1.54) is 30.3 Å². The van der Waals surface area contributed by atoms with Crippen molar-refractivity contribution in [2.45, 2.75) is 69.4 Å². The molecule has 3 amide bonds. The van der Waals surface area contributed by atoms with Gasteiger partial charge < -0.3 is 14.5 Å². The maximum absolute atomic E-state index is 14.7. The van der Waals surface area contributed by atoms with E-state index in [2.05, 4.69) is 4.74 Å². The second-order valence-electron chi connectivity index (χ2n) is 10.9. The van der Waals surface area contributed by atoms with E-state index in [-0.39, 0.29) is 42.3 Å². The molecule has 2 aliphatic carbocycles. The van der Waals surface area contributed by atoms with E-state index >= 15 is 0 Å². The molecule has 0 bridgehead atoms. The predicted octanol–water partition coefficient (Wildman–Crippen LogP) is 4.44. The standard InChI is InChI=1S/C28H29F4N3O6S/c1-42(39,40)33-24(36)13-14-25(37)34(18-8-9-18)26-20-3-2-4-22(20)35(23-12-7-17(29)15-21(23)26)27(38)16-5-10-19(11-6-16)41-28(30,31)32/h5-7,10-12,15,18,20,22,26H,2-4,8-9,13-14H2,1H3,(H,33,36)/t20-,22+,26-/m1/s1. The largest absolute Gasteiger partial charge is 0.573 e. The fourth-order valence-corrected chi connectivity index (χ4v) is 6.66. The predicted molar refractivity (Wildman–Crippen MR) is 142 cm³/mol. The van der Waals surface area contributed by atoms with Gasteiger partial charge in [0.05, 0.1) is 12.3 Å². The van der Waals surface area contributed by atoms with Crippen molar-refractivity contribution in [3.63, 3.8) is 0 Å². The summed E-state index contributed by atoms with van der Waals surface area (Å²) in [4.78, 5) is 42.7. The molecule has 0 unspecified atom stereocenters. The molecule has 42 heavy (non-hydrogen) atoms. The summed E-state index contributed by atoms with van der Waals surface area (Å²) in [6.45, 7) is 0. The van der Waals surface area contributed by atoms with Crippen LogP contribution in [0.5, 0.6) is 5.75 Å². The number of benzene rings is 2. The first-order valence-electron chi connectivity index (χ1n) is 13.5. The van der Waals surface area contributed by atoms with E-state index in [9.17, 15) is 40.4 Å². The van der Waals surface area contributed by atoms with Gasteiger partial charge in [-0.3, -0.25) is 19.1 Å². The highest BCUT2D eigenvalue weighted by atomic mass is 32.2. The number of amides is 3. The van der Waals surface area contributed by atoms with Crippen LogP contribution in [0, 0.1) is 11.7 Å². The van der Waals surface area contributed by atoms with Gasteiger partial charge in [-0.05, 0) is 68.1 Å². The summed E-state index contributed by atoms with van der Waals surface area (Å²) >= 11 is 0. The average Bonchev–Trinajstić information content (AvgIpc) is 3.61. The molecule has 0 radical (unpaired) electrons. The molecule has 2 fully saturated rings. The van der Waals surface area contributed by atoms with Crippen molar-refractivity contribution in [2.24, 2.45) is 5.92 Å². The minimum absolute atomic E-state index is 0.121. The number of rotatable bonds is 8. The third kappa shape index (κ3) is 6.53. The van der Waals surface area contributed by atoms with Gasteiger partial charge in [0, 0.05) is 47.7 Å². The quantitative estimate of drug-likeness (QED) is 0.442. The number of alkyl halides is 3. The summed E-state index contributed by atoms with van der Waals surface area (Å²) < 4.78 is 81.1. The third-order valence-electron chi connectivity index (χ3n) is 7.78. The number of nitrogens with one attached hydrogen (secondary N) is 1. The number of hydrogen-bond acceptors (Lipinski definition) is 6. The Hall–Kier alpha value is -3.68. The van der Waals surface area contributed by atoms with Crippen LogP contribution in [0.4, 0.5) is 23.2 Å². The minimum atomic E-state index is -4.88. The molecule has 2 aromatic carbocycles. The lowest BCUT2D eigenvalue weighted by Crippen LogP contribution is -2.53. The monoisotopic (exact) mass is 611 g/mol. The van der Waals surface area contributed by atoms with Crippen molar-refractivity contribution < 1.29 is 45.1 Å². The summed E-state index contributed by atoms with van der Waals surface area (Å²) in [6.07, 6.45) is -1.22. The molecule has 3 atom stereocenters. The summed E-state index contributed by atoms with van der Waals surface area (Å²) in [5.41, 5.74) is 0.957. The zero-order valence-corrected chi connectivity index (χ0v) is 23.4. The number of anilines is 1. The number of halogens is 4. The Kier molecular flexibility index (Phi) is 7.94. The van der Waals surface area contributed by atoms with Crippen molar-refractivity contribution >= 4 is 33.4 Å². The summed E-state index contributed by atoms with van der Waals surface area (Å²) in [5.74, 6) is -2.94. The summed E-state index contributed by atoms with van der Waals surface area (Å²) in [6, 6.07) is 7.49. The lowest BCUT2D eigenvalue weighted by Gasteiger charge is -2.48. The van der Waals surface area contributed by atoms with Crippen LogP contribution in [-0.4, -0.2) is 55.7 Å². The van der Waals surface area contributed by atoms with Crippen LogP contribution in [0.3, 0.4) is 0 Å². The summed E-state index contributed by atoms with van der Waals surface area (Å²) in [7, 11) is -3.78. The molecule has 5 rings (SSSR count). The zero-order chi connectivity index (χ0) is 30.4. The lowest BCUT2D eigenvalue weighted by molar-refractivity contribution is -0.274. The first-order chi connectivity index (χ1) is 19.7. The molecule has 0 aromatic heterocycles. The molecule has 0 spiro atoms. The third-order valence-corrected chi connectivity index (χ3v) is 8.38. The van der Waals surface area contributed by atoms with Crippen molar-refractivity contribution in [3.05, 3.63) is 59.4 Å². The van der Waals surface area contributed by atoms with E-state index in [1.54, 1.807) is 9.80 Å². The van der Waals surface area contributed by atoms with E-state index < -0.39 is 45.8 Å². The fourth-order valence-electron chi connectivity index (χ4n) is 6.15. The maximum Gasteiger partial charge on any atom is 0.573 e. The first kappa shape index (κ1) is 29.8. The molecule has 9 nitrogen and oxygen atoms in total. The first-order valence-corrected chi connectivity index (χ1v) is 15.4. The Balaban J connectivity index is 1.47. The van der Waals surface area contributed by atoms with Crippen LogP contribution in [0.2, 0.25) is 0 Å². The van der Waals surface area contributed by atoms with Crippen molar-refractivity contribution in [3.8, 4) is 5.75 Å². The minimum Gasteiger partial charge on any atom is -0.406 e. The van der Waals surface area contributed by atoms with Gasteiger partial charge in [-0.25, -0.2) is 12.8 Å². The Bertz CT molecular complexity index is 1490. The number of ether oxygens (including phenoxy) is 1. The van der Waals surface area contributed by atoms with Gasteiger partial charge in [-0.1, -0.05) is 6.42 Å². The maximum atomic E-state index is 14.7. The van der Waals surface area contributed by atoms with Gasteiger partial charge in [0.1, 0.15) is 11.6 Å². The van der Waals surface area contributed by atoms with Crippen LogP contribution in [0.1, 0.15) is 66.9 Å². The molecule has 3 aliphatic rings. The Morgan fingerprint density at radius 3 is 2.33 bits per heavy atom. The molecule has 1 aliphatic heterocycles. The number of fused-ring (bicyclic) bond motifs is 2. The molecule has 1 heterocycles. The highest BCUT2D eigenvalue weighted by Gasteiger charge is 2.51. The summed E-state index contributed by atoms with van der Waals surface area (Å²) in [5, 5.41) is 0. The molecule has 2 aromatic rings. The number of sulfonamides is 1. The van der Waals surface area contributed by atoms with Crippen LogP contribution < -0.4 is 14.4 Å². The van der Waals surface area contributed by atoms with Crippen LogP contribution in [0.15, 0.2) is 42.5 Å². The van der Waals surface area contributed by atoms with Crippen LogP contribution in [-0.2, 0) is 19.6 Å². The zero-order valence-electron chi connectivity index (χ0n) is 22.6. The van der Waals surface area contributed by atoms with Gasteiger partial charge in [-0.2, -0.15) is 0 Å². The Morgan fingerprint density at radius 1 is 1.02 bits per heavy atom. The van der Waals surface area contributed by atoms with Crippen LogP contribution in [0.25, 0.3) is 0 Å². The number of carbonyl (C=O) groups is 3. The molecule has 14 heteroatoms. The van der Waals surface area contributed by atoms with Gasteiger partial charge in [0.15, 0.2) is 0 Å². The molecular weight excluding hydrogens is 582 g/mol. The second-order valence-corrected chi connectivity index (χ2v) is 12.6. The normalized spacial score (nSPS) is 21.7. The van der Waals surface area contributed by atoms with Crippen LogP contribution >= 0.6 is 0 Å². The van der Waals surface area contributed by atoms with Gasteiger partial charge >= 0.3 is 6.36 Å². The molecule has 0 saturated heterocycles. The number of carbonyl (C=O) groups excluding carboxylic acids is 3. The fraction of sp³-hybridized carbons (Fsp3) is 0.464. The molecule has 1 N–H and O–H groups in total. The lowest BCUT2D eigenvalue weighted by atomic mass is 9.81. The molecule has 226 valence electrons. The van der Waals surface area contributed by atoms with E-state index in [0.29, 0.717) is 24.1 Å². The smallest absolute Gasteiger partial charge is 0.406 e. The van der Waals surface area contributed by atoms with Gasteiger partial charge in [0.2, 0.25) is 21.8 Å². The van der Waals surface area contributed by atoms with Crippen molar-refractivity contribution in [1.82, 2.24) is 9.62 Å². The number of hydrogen-bond donors (Lipinski definition) is 1. The van der Waals surface area contributed by atoms with E-state index in [4.69, 9.17) is 0 Å². The van der Waals surface area contributed by atoms with E-state index in [1.807, 2.05) is 4.72 Å². The SMILES string of the molecule is CS(=O)(=O)NC(=O)CCC(=O)N(C1CC1)[C@H]1c2cc(F)ccc2N(C(=O)c2ccc(OC(F)(F)F)cc2)[C@H]2CCC[C@H]21. The molecular formula is C28H29F4N3O6S. The van der Waals surface area contributed by atoms with Crippen molar-refractivity contribution in [2.75, 3.05) is 11.2 Å². The van der Waals surface area contributed by atoms with Gasteiger partial charge in [0.25, 0.3) is 5.91 Å². The van der Waals surface area contributed by atoms with Crippen molar-refractivity contribution in [1.29, 1.82) is 0 Å². The highest BCUT2D eigenvalue weighted by Crippen LogP contribution is 2.53.